The number of amides is 6. The Labute approximate surface area is 532 Å². The number of aromatic hydroxyl groups is 1. The standard InChI is InChI=1S/C59H56N14O10S6/c1-27-43(76)21-73-47(27)57-70-41(26-88-57)55-66-37(22-86-55)46-32(14-15-34(63-46)54-67-38(23-87-54)49(61)78)52-68-39(24-84-52)50(79)64-35(20-44(60)77)56-71-45(28(2)89-56)42(75)19-33(48(30-8-6-5-7-9-30)83-59(82)62-16-17-72(3)4)53-69-40(25-85-53)51(80)65-36(58(73)81)18-29-10-12-31(74)13-11-29/h5-15,22-27,33,35-36,43,47-48,74,76H,16-21H2,1-4H3,(H2,60,77)(H2,61,78)(H,62,82)(H,64,79)(H,65,80)/t27-,33-,35-,36-,43-,47-,48+/m0/s1. The Hall–Kier alpha value is -8.62. The Morgan fingerprint density at radius 3 is 2.11 bits per heavy atom. The summed E-state index contributed by atoms with van der Waals surface area (Å²) in [5.41, 5.74) is 14.5. The number of aryl methyl sites for hydroxylation is 1. The molecule has 7 aromatic heterocycles. The van der Waals surface area contributed by atoms with Crippen LogP contribution in [-0.4, -0.2) is 142 Å². The van der Waals surface area contributed by atoms with Gasteiger partial charge in [0.15, 0.2) is 5.78 Å². The highest BCUT2D eigenvalue weighted by Gasteiger charge is 2.46. The molecule has 9 aromatic rings. The van der Waals surface area contributed by atoms with Crippen molar-refractivity contribution in [3.05, 3.63) is 147 Å². The summed E-state index contributed by atoms with van der Waals surface area (Å²) in [6, 6.07) is 15.3. The number of ketones is 1. The molecule has 458 valence electrons. The second-order valence-electron chi connectivity index (χ2n) is 21.3. The molecule has 0 unspecified atom stereocenters. The van der Waals surface area contributed by atoms with E-state index in [4.69, 9.17) is 46.1 Å². The van der Waals surface area contributed by atoms with Gasteiger partial charge in [0.05, 0.1) is 36.2 Å². The van der Waals surface area contributed by atoms with Crippen molar-refractivity contribution in [2.24, 2.45) is 17.4 Å². The molecule has 2 aliphatic rings. The number of carbonyl (C=O) groups is 7. The molecule has 0 saturated carbocycles. The number of phenols is 1. The second-order valence-corrected chi connectivity index (χ2v) is 26.9. The Morgan fingerprint density at radius 1 is 0.730 bits per heavy atom. The molecular formula is C59H56N14O10S6. The van der Waals surface area contributed by atoms with Crippen LogP contribution in [0.15, 0.2) is 93.6 Å². The van der Waals surface area contributed by atoms with E-state index in [-0.39, 0.29) is 64.5 Å². The normalized spacial score (nSPS) is 19.3. The lowest BCUT2D eigenvalue weighted by atomic mass is 9.90. The first-order valence-corrected chi connectivity index (χ1v) is 32.9. The molecule has 2 aliphatic heterocycles. The first-order valence-electron chi connectivity index (χ1n) is 27.7. The summed E-state index contributed by atoms with van der Waals surface area (Å²) >= 11 is 6.96. The van der Waals surface area contributed by atoms with Gasteiger partial charge >= 0.3 is 6.09 Å². The molecule has 1 saturated heterocycles. The zero-order valence-corrected chi connectivity index (χ0v) is 52.7. The van der Waals surface area contributed by atoms with E-state index in [1.54, 1.807) is 77.7 Å². The maximum absolute atomic E-state index is 15.3. The predicted molar refractivity (Wildman–Crippen MR) is 337 cm³/mol. The van der Waals surface area contributed by atoms with Crippen molar-refractivity contribution < 1.29 is 48.5 Å². The van der Waals surface area contributed by atoms with Crippen molar-refractivity contribution in [1.82, 2.24) is 60.6 Å². The molecule has 10 bridgehead atoms. The topological polar surface area (TPSA) is 354 Å². The molecule has 2 aromatic carbocycles. The monoisotopic (exact) mass is 1310 g/mol. The fraction of sp³-hybridized carbons (Fsp3) is 0.288. The van der Waals surface area contributed by atoms with Crippen LogP contribution in [0, 0.1) is 12.8 Å². The van der Waals surface area contributed by atoms with Gasteiger partial charge in [-0.05, 0) is 56.4 Å². The minimum Gasteiger partial charge on any atom is -0.508 e. The van der Waals surface area contributed by atoms with Gasteiger partial charge in [0.2, 0.25) is 11.8 Å². The Bertz CT molecular complexity index is 4140. The number of likely N-dealkylation sites (N-methyl/N-ethyl adjacent to an activating group) is 1. The minimum absolute atomic E-state index is 0.00298. The van der Waals surface area contributed by atoms with Gasteiger partial charge in [0.25, 0.3) is 17.7 Å². The molecule has 9 N–H and O–H groups in total. The number of fused-ring (bicyclic) bond motifs is 16. The van der Waals surface area contributed by atoms with Crippen molar-refractivity contribution in [1.29, 1.82) is 0 Å². The van der Waals surface area contributed by atoms with Crippen LogP contribution in [0.25, 0.3) is 43.4 Å². The summed E-state index contributed by atoms with van der Waals surface area (Å²) in [6.45, 7) is 4.11. The third-order valence-electron chi connectivity index (χ3n) is 14.8. The molecule has 24 nitrogen and oxygen atoms in total. The number of thiazole rings is 6. The number of primary amides is 2. The van der Waals surface area contributed by atoms with E-state index in [0.717, 1.165) is 34.0 Å². The Balaban J connectivity index is 1.03. The van der Waals surface area contributed by atoms with Crippen molar-refractivity contribution in [3.8, 4) is 49.1 Å². The minimum atomic E-state index is -1.26. The smallest absolute Gasteiger partial charge is 0.407 e. The number of Topliss-reactive ketones (excluding diaryl/α,β-unsaturated/α-hetero) is 1. The molecule has 11 rings (SSSR count). The largest absolute Gasteiger partial charge is 0.508 e. The van der Waals surface area contributed by atoms with Crippen molar-refractivity contribution in [2.75, 3.05) is 33.7 Å². The number of ether oxygens (including phenoxy) is 1. The van der Waals surface area contributed by atoms with E-state index in [0.29, 0.717) is 70.9 Å². The number of phenolic OH excluding ortho intramolecular Hbond substituents is 1. The number of benzene rings is 2. The summed E-state index contributed by atoms with van der Waals surface area (Å²) in [6.07, 6.45) is -3.78. The fourth-order valence-corrected chi connectivity index (χ4v) is 15.6. The van der Waals surface area contributed by atoms with Crippen LogP contribution in [-0.2, 0) is 20.7 Å². The highest BCUT2D eigenvalue weighted by Crippen LogP contribution is 2.44. The van der Waals surface area contributed by atoms with Crippen LogP contribution in [0.4, 0.5) is 4.79 Å². The third-order valence-corrected chi connectivity index (χ3v) is 20.4. The van der Waals surface area contributed by atoms with Gasteiger partial charge < -0.3 is 52.2 Å². The highest BCUT2D eigenvalue weighted by molar-refractivity contribution is 7.15. The average Bonchev–Trinajstić information content (AvgIpc) is 1.80. The number of nitrogens with two attached hydrogens (primary N) is 2. The first kappa shape index (κ1) is 62.0. The van der Waals surface area contributed by atoms with E-state index in [1.807, 2.05) is 25.9 Å². The van der Waals surface area contributed by atoms with Gasteiger partial charge in [-0.2, -0.15) is 0 Å². The van der Waals surface area contributed by atoms with Gasteiger partial charge in [-0.25, -0.2) is 39.7 Å². The van der Waals surface area contributed by atoms with Crippen molar-refractivity contribution >= 4 is 109 Å². The number of aliphatic hydroxyl groups excluding tert-OH is 1. The molecule has 0 spiro atoms. The molecule has 30 heteroatoms. The van der Waals surface area contributed by atoms with E-state index < -0.39 is 90.0 Å². The number of nitrogens with zero attached hydrogens (tertiary/aromatic N) is 9. The van der Waals surface area contributed by atoms with Crippen LogP contribution in [0.2, 0.25) is 0 Å². The Kier molecular flexibility index (Phi) is 18.5. The third kappa shape index (κ3) is 13.8. The number of aliphatic hydroxyl groups is 1. The SMILES string of the molecule is Cc1sc2nc1C(=O)C[C@@H]([C@H](OC(=O)NCCN(C)C)c1ccccc1)c1nc(cs1)C(=O)N[C@@H](Cc1ccc(O)cc1)C(=O)N1C[C@H](O)[C@H](C)[C@H]1c1nc(cs1)-c1nc(cs1)-c1nc(-c3nc(C(N)=O)cs3)ccc1-c1nc(cs1)C(=O)N[C@H]2CC(N)=O. The van der Waals surface area contributed by atoms with Crippen LogP contribution >= 0.6 is 68.0 Å². The summed E-state index contributed by atoms with van der Waals surface area (Å²) in [5, 5.41) is 40.6. The number of carbonyl (C=O) groups excluding carboxylic acids is 7. The highest BCUT2D eigenvalue weighted by atomic mass is 32.1. The number of hydrogen-bond donors (Lipinski definition) is 7. The van der Waals surface area contributed by atoms with E-state index in [9.17, 15) is 34.2 Å². The molecule has 7 atom stereocenters. The van der Waals surface area contributed by atoms with Gasteiger partial charge in [-0.1, -0.05) is 49.4 Å². The van der Waals surface area contributed by atoms with Crippen LogP contribution in [0.3, 0.4) is 0 Å². The van der Waals surface area contributed by atoms with Crippen LogP contribution < -0.4 is 27.4 Å². The van der Waals surface area contributed by atoms with Crippen LogP contribution in [0.5, 0.6) is 5.75 Å². The lowest BCUT2D eigenvalue weighted by Gasteiger charge is -2.29. The Morgan fingerprint density at radius 2 is 1.38 bits per heavy atom. The maximum Gasteiger partial charge on any atom is 0.407 e. The molecule has 89 heavy (non-hydrogen) atoms. The number of rotatable bonds is 12. The zero-order chi connectivity index (χ0) is 62.8. The van der Waals surface area contributed by atoms with E-state index >= 15 is 9.59 Å². The molecule has 0 radical (unpaired) electrons. The van der Waals surface area contributed by atoms with Crippen LogP contribution in [0.1, 0.15) is 117 Å². The first-order chi connectivity index (χ1) is 42.7. The maximum atomic E-state index is 15.3. The molecule has 0 aliphatic carbocycles. The summed E-state index contributed by atoms with van der Waals surface area (Å²) in [7, 11) is 3.70. The summed E-state index contributed by atoms with van der Waals surface area (Å²) < 4.78 is 6.23. The number of alkyl carbamates (subject to hydrolysis) is 1. The summed E-state index contributed by atoms with van der Waals surface area (Å²) in [4.78, 5) is 136. The summed E-state index contributed by atoms with van der Waals surface area (Å²) in [5.74, 6) is -5.57. The molecular weight excluding hydrogens is 1260 g/mol. The number of nitrogens with one attached hydrogen (secondary N) is 3. The molecule has 6 amide bonds. The van der Waals surface area contributed by atoms with Crippen molar-refractivity contribution in [3.63, 3.8) is 0 Å². The lowest BCUT2D eigenvalue weighted by molar-refractivity contribution is -0.134. The number of hydrogen-bond acceptors (Lipinski definition) is 24. The fourth-order valence-electron chi connectivity index (χ4n) is 10.2. The number of pyridine rings is 1. The van der Waals surface area contributed by atoms with Gasteiger partial charge in [0, 0.05) is 75.7 Å². The quantitative estimate of drug-likeness (QED) is 0.0620. The van der Waals surface area contributed by atoms with E-state index in [1.165, 1.54) is 61.8 Å². The van der Waals surface area contributed by atoms with Crippen molar-refractivity contribution in [2.45, 2.75) is 69.4 Å². The van der Waals surface area contributed by atoms with Gasteiger partial charge in [-0.3, -0.25) is 28.8 Å². The number of aromatic nitrogens is 7. The van der Waals surface area contributed by atoms with Gasteiger partial charge in [-0.15, -0.1) is 68.0 Å². The predicted octanol–water partition coefficient (Wildman–Crippen LogP) is 7.57. The molecule has 1 fully saturated rings. The zero-order valence-electron chi connectivity index (χ0n) is 47.8. The van der Waals surface area contributed by atoms with E-state index in [2.05, 4.69) is 20.9 Å². The molecule has 9 heterocycles. The second kappa shape index (κ2) is 26.6. The van der Waals surface area contributed by atoms with Gasteiger partial charge in [0.1, 0.15) is 87.8 Å². The lowest BCUT2D eigenvalue weighted by Crippen LogP contribution is -2.50. The average molecular weight is 1310 g/mol.